The number of hydrogen-bond donors (Lipinski definition) is 1. The van der Waals surface area contributed by atoms with Crippen molar-refractivity contribution < 1.29 is 9.53 Å². The molecule has 3 nitrogen and oxygen atoms in total. The Labute approximate surface area is 111 Å². The van der Waals surface area contributed by atoms with Gasteiger partial charge < -0.3 is 10.1 Å². The Bertz CT molecular complexity index is 434. The molecule has 16 heavy (non-hydrogen) atoms. The molecule has 1 aliphatic rings. The maximum absolute atomic E-state index is 11.2. The lowest BCUT2D eigenvalue weighted by Crippen LogP contribution is -2.13. The molecule has 0 bridgehead atoms. The lowest BCUT2D eigenvalue weighted by atomic mass is 9.97. The van der Waals surface area contributed by atoms with E-state index in [1.165, 1.54) is 0 Å². The van der Waals surface area contributed by atoms with Crippen molar-refractivity contribution in [3.05, 3.63) is 26.6 Å². The molecule has 1 fully saturated rings. The van der Waals surface area contributed by atoms with Crippen LogP contribution in [0.1, 0.15) is 17.9 Å². The normalized spacial score (nSPS) is 19.7. The van der Waals surface area contributed by atoms with Crippen molar-refractivity contribution >= 4 is 37.8 Å². The molecule has 1 N–H and O–H groups in total. The van der Waals surface area contributed by atoms with Crippen LogP contribution in [0, 0.1) is 0 Å². The van der Waals surface area contributed by atoms with E-state index in [0.29, 0.717) is 13.0 Å². The Kier molecular flexibility index (Phi) is 3.54. The molecule has 0 aliphatic carbocycles. The van der Waals surface area contributed by atoms with Crippen LogP contribution in [-0.2, 0) is 4.79 Å². The van der Waals surface area contributed by atoms with Crippen LogP contribution in [0.2, 0.25) is 0 Å². The molecule has 0 saturated carbocycles. The number of carbonyl (C=O) groups excluding carboxylic acids is 1. The highest BCUT2D eigenvalue weighted by Crippen LogP contribution is 2.40. The lowest BCUT2D eigenvalue weighted by Gasteiger charge is -2.16. The summed E-state index contributed by atoms with van der Waals surface area (Å²) in [6.45, 7) is 0.671. The van der Waals surface area contributed by atoms with Gasteiger partial charge in [-0.3, -0.25) is 4.79 Å². The zero-order chi connectivity index (χ0) is 11.7. The van der Waals surface area contributed by atoms with E-state index in [2.05, 4.69) is 37.2 Å². The van der Waals surface area contributed by atoms with Crippen LogP contribution in [0.3, 0.4) is 0 Å². The Morgan fingerprint density at radius 2 is 2.19 bits per heavy atom. The van der Waals surface area contributed by atoms with Crippen LogP contribution in [0.15, 0.2) is 21.1 Å². The lowest BCUT2D eigenvalue weighted by molar-refractivity contribution is -0.119. The van der Waals surface area contributed by atoms with Crippen molar-refractivity contribution in [1.82, 2.24) is 5.32 Å². The molecular weight excluding hydrogens is 338 g/mol. The number of benzene rings is 1. The summed E-state index contributed by atoms with van der Waals surface area (Å²) in [5.74, 6) is 1.09. The summed E-state index contributed by atoms with van der Waals surface area (Å²) in [6.07, 6.45) is 0.519. The van der Waals surface area contributed by atoms with Crippen molar-refractivity contribution in [2.24, 2.45) is 0 Å². The monoisotopic (exact) mass is 347 g/mol. The summed E-state index contributed by atoms with van der Waals surface area (Å²) in [4.78, 5) is 11.2. The predicted molar refractivity (Wildman–Crippen MR) is 68.8 cm³/mol. The highest BCUT2D eigenvalue weighted by molar-refractivity contribution is 9.13. The highest BCUT2D eigenvalue weighted by Gasteiger charge is 2.28. The van der Waals surface area contributed by atoms with Gasteiger partial charge in [-0.1, -0.05) is 0 Å². The second-order valence-corrected chi connectivity index (χ2v) is 5.33. The van der Waals surface area contributed by atoms with Crippen molar-refractivity contribution in [2.45, 2.75) is 12.3 Å². The third kappa shape index (κ3) is 2.11. The van der Waals surface area contributed by atoms with Gasteiger partial charge in [0.15, 0.2) is 0 Å². The van der Waals surface area contributed by atoms with E-state index < -0.39 is 0 Å². The molecule has 1 saturated heterocycles. The van der Waals surface area contributed by atoms with E-state index in [4.69, 9.17) is 4.74 Å². The Morgan fingerprint density at radius 3 is 2.75 bits per heavy atom. The van der Waals surface area contributed by atoms with E-state index in [-0.39, 0.29) is 11.8 Å². The fourth-order valence-corrected chi connectivity index (χ4v) is 2.91. The number of nitrogens with one attached hydrogen (secondary N) is 1. The van der Waals surface area contributed by atoms with Gasteiger partial charge in [-0.25, -0.2) is 0 Å². The van der Waals surface area contributed by atoms with Crippen LogP contribution in [0.4, 0.5) is 0 Å². The first-order valence-corrected chi connectivity index (χ1v) is 6.50. The number of rotatable bonds is 2. The summed E-state index contributed by atoms with van der Waals surface area (Å²) >= 11 is 7.00. The topological polar surface area (TPSA) is 38.3 Å². The number of hydrogen-bond acceptors (Lipinski definition) is 2. The van der Waals surface area contributed by atoms with Crippen LogP contribution >= 0.6 is 31.9 Å². The van der Waals surface area contributed by atoms with Crippen molar-refractivity contribution in [2.75, 3.05) is 13.7 Å². The average molecular weight is 349 g/mol. The molecule has 0 spiro atoms. The fourth-order valence-electron chi connectivity index (χ4n) is 1.92. The first-order valence-electron chi connectivity index (χ1n) is 4.92. The summed E-state index contributed by atoms with van der Waals surface area (Å²) < 4.78 is 7.28. The molecule has 2 rings (SSSR count). The summed E-state index contributed by atoms with van der Waals surface area (Å²) in [5.41, 5.74) is 1.05. The second-order valence-electron chi connectivity index (χ2n) is 3.68. The molecular formula is C11H11Br2NO2. The van der Waals surface area contributed by atoms with E-state index in [1.54, 1.807) is 7.11 Å². The van der Waals surface area contributed by atoms with Gasteiger partial charge in [0.2, 0.25) is 5.91 Å². The van der Waals surface area contributed by atoms with Gasteiger partial charge in [-0.15, -0.1) is 0 Å². The largest absolute Gasteiger partial charge is 0.496 e. The number of carbonyl (C=O) groups is 1. The van der Waals surface area contributed by atoms with E-state index in [9.17, 15) is 4.79 Å². The maximum atomic E-state index is 11.2. The Morgan fingerprint density at radius 1 is 1.44 bits per heavy atom. The molecule has 1 amide bonds. The van der Waals surface area contributed by atoms with Gasteiger partial charge in [0, 0.05) is 33.4 Å². The minimum Gasteiger partial charge on any atom is -0.496 e. The minimum absolute atomic E-state index is 0.0962. The zero-order valence-electron chi connectivity index (χ0n) is 8.72. The fraction of sp³-hybridized carbons (Fsp3) is 0.364. The van der Waals surface area contributed by atoms with Gasteiger partial charge in [0.1, 0.15) is 5.75 Å². The zero-order valence-corrected chi connectivity index (χ0v) is 11.9. The van der Waals surface area contributed by atoms with Gasteiger partial charge >= 0.3 is 0 Å². The molecule has 1 aliphatic heterocycles. The minimum atomic E-state index is 0.0962. The second kappa shape index (κ2) is 4.75. The first kappa shape index (κ1) is 11.9. The Hall–Kier alpha value is -0.550. The molecule has 1 heterocycles. The third-order valence-electron chi connectivity index (χ3n) is 2.70. The molecule has 86 valence electrons. The summed E-state index contributed by atoms with van der Waals surface area (Å²) in [6, 6.07) is 3.84. The van der Waals surface area contributed by atoms with Gasteiger partial charge in [0.05, 0.1) is 7.11 Å². The van der Waals surface area contributed by atoms with Crippen LogP contribution < -0.4 is 10.1 Å². The summed E-state index contributed by atoms with van der Waals surface area (Å²) in [5, 5.41) is 2.84. The Balaban J connectivity index is 2.45. The highest BCUT2D eigenvalue weighted by atomic mass is 79.9. The molecule has 0 radical (unpaired) electrons. The number of halogens is 2. The quantitative estimate of drug-likeness (QED) is 0.892. The molecule has 1 unspecified atom stereocenters. The number of amides is 1. The third-order valence-corrected chi connectivity index (χ3v) is 4.75. The van der Waals surface area contributed by atoms with E-state index in [0.717, 1.165) is 20.3 Å². The average Bonchev–Trinajstić information content (AvgIpc) is 2.68. The molecule has 5 heteroatoms. The van der Waals surface area contributed by atoms with Crippen molar-refractivity contribution in [3.63, 3.8) is 0 Å². The summed E-state index contributed by atoms with van der Waals surface area (Å²) in [7, 11) is 1.64. The van der Waals surface area contributed by atoms with Crippen LogP contribution in [-0.4, -0.2) is 19.6 Å². The molecule has 0 aromatic heterocycles. The standard InChI is InChI=1S/C11H11Br2NO2/c1-16-8-3-2-7(12)11(13)10(8)6-4-9(15)14-5-6/h2-3,6H,4-5H2,1H3,(H,14,15). The molecule has 1 aromatic carbocycles. The molecule has 1 atom stereocenters. The number of ether oxygens (including phenoxy) is 1. The van der Waals surface area contributed by atoms with Gasteiger partial charge in [-0.2, -0.15) is 0 Å². The molecule has 1 aromatic rings. The van der Waals surface area contributed by atoms with Crippen molar-refractivity contribution in [1.29, 1.82) is 0 Å². The smallest absolute Gasteiger partial charge is 0.220 e. The first-order chi connectivity index (χ1) is 7.63. The number of methoxy groups -OCH3 is 1. The SMILES string of the molecule is COc1ccc(Br)c(Br)c1C1CNC(=O)C1. The van der Waals surface area contributed by atoms with Crippen LogP contribution in [0.5, 0.6) is 5.75 Å². The van der Waals surface area contributed by atoms with Gasteiger partial charge in [-0.05, 0) is 44.0 Å². The van der Waals surface area contributed by atoms with Gasteiger partial charge in [0.25, 0.3) is 0 Å². The van der Waals surface area contributed by atoms with E-state index in [1.807, 2.05) is 12.1 Å². The predicted octanol–water partition coefficient (Wildman–Crippen LogP) is 2.82. The van der Waals surface area contributed by atoms with Crippen LogP contribution in [0.25, 0.3) is 0 Å². The van der Waals surface area contributed by atoms with Crippen molar-refractivity contribution in [3.8, 4) is 5.75 Å². The maximum Gasteiger partial charge on any atom is 0.220 e. The van der Waals surface area contributed by atoms with E-state index >= 15 is 0 Å².